The van der Waals surface area contributed by atoms with E-state index in [1.807, 2.05) is 0 Å². The third-order valence-electron chi connectivity index (χ3n) is 11.9. The van der Waals surface area contributed by atoms with Gasteiger partial charge in [0.1, 0.15) is 0 Å². The van der Waals surface area contributed by atoms with Crippen molar-refractivity contribution >= 4 is 0 Å². The average molecular weight is 389 g/mol. The van der Waals surface area contributed by atoms with Gasteiger partial charge < -0.3 is 19.7 Å². The smallest absolute Gasteiger partial charge is 0.171 e. The second-order valence-electron chi connectivity index (χ2n) is 12.5. The van der Waals surface area contributed by atoms with Crippen LogP contribution in [0.25, 0.3) is 0 Å². The Kier molecular flexibility index (Phi) is 2.93. The van der Waals surface area contributed by atoms with Crippen LogP contribution in [0.15, 0.2) is 0 Å². The number of fused-ring (bicyclic) bond motifs is 10. The normalized spacial score (nSPS) is 67.8. The molecular weight excluding hydrogens is 352 g/mol. The zero-order chi connectivity index (χ0) is 19.3. The molecule has 7 unspecified atom stereocenters. The molecule has 7 fully saturated rings. The number of ether oxygens (including phenoxy) is 2. The Labute approximate surface area is 168 Å². The molecule has 4 heteroatoms. The first-order valence-corrected chi connectivity index (χ1v) is 11.9. The van der Waals surface area contributed by atoms with E-state index in [1.54, 1.807) is 0 Å². The fourth-order valence-electron chi connectivity index (χ4n) is 10.2. The first-order chi connectivity index (χ1) is 13.2. The third kappa shape index (κ3) is 1.67. The summed E-state index contributed by atoms with van der Waals surface area (Å²) in [5.41, 5.74) is -1.09. The molecule has 0 aromatic heterocycles. The van der Waals surface area contributed by atoms with Crippen molar-refractivity contribution in [3.05, 3.63) is 0 Å². The lowest BCUT2D eigenvalue weighted by Gasteiger charge is -2.65. The summed E-state index contributed by atoms with van der Waals surface area (Å²) < 4.78 is 12.1. The van der Waals surface area contributed by atoms with Crippen LogP contribution in [0.1, 0.15) is 65.7 Å². The maximum absolute atomic E-state index is 12.2. The maximum atomic E-state index is 12.2. The van der Waals surface area contributed by atoms with Gasteiger partial charge in [-0.3, -0.25) is 0 Å². The third-order valence-corrected chi connectivity index (χ3v) is 11.9. The molecule has 7 aliphatic rings. The summed E-state index contributed by atoms with van der Waals surface area (Å²) in [7, 11) is 0. The Balaban J connectivity index is 1.29. The maximum Gasteiger partial charge on any atom is 0.171 e. The first kappa shape index (κ1) is 17.5. The number of hydrogen-bond donors (Lipinski definition) is 2. The highest BCUT2D eigenvalue weighted by Crippen LogP contribution is 2.81. The molecule has 11 atom stereocenters. The van der Waals surface area contributed by atoms with Crippen LogP contribution < -0.4 is 0 Å². The van der Waals surface area contributed by atoms with Crippen LogP contribution in [0.5, 0.6) is 0 Å². The van der Waals surface area contributed by atoms with Gasteiger partial charge >= 0.3 is 0 Å². The molecule has 1 heterocycles. The van der Waals surface area contributed by atoms with Crippen LogP contribution in [-0.4, -0.2) is 40.4 Å². The lowest BCUT2D eigenvalue weighted by atomic mass is 9.42. The largest absolute Gasteiger partial charge is 0.389 e. The zero-order valence-electron chi connectivity index (χ0n) is 17.6. The molecule has 1 aliphatic heterocycles. The van der Waals surface area contributed by atoms with E-state index in [4.69, 9.17) is 9.47 Å². The highest BCUT2D eigenvalue weighted by molar-refractivity contribution is 5.29. The summed E-state index contributed by atoms with van der Waals surface area (Å²) in [6.45, 7) is 8.29. The van der Waals surface area contributed by atoms with Gasteiger partial charge in [-0.1, -0.05) is 13.8 Å². The molecule has 6 aliphatic carbocycles. The highest BCUT2D eigenvalue weighted by atomic mass is 16.7. The van der Waals surface area contributed by atoms with E-state index in [9.17, 15) is 10.2 Å². The van der Waals surface area contributed by atoms with E-state index in [1.165, 1.54) is 19.3 Å². The monoisotopic (exact) mass is 388 g/mol. The molecule has 28 heavy (non-hydrogen) atoms. The molecule has 0 aromatic rings. The van der Waals surface area contributed by atoms with Gasteiger partial charge in [0.2, 0.25) is 0 Å². The fourth-order valence-corrected chi connectivity index (χ4v) is 10.2. The van der Waals surface area contributed by atoms with Crippen LogP contribution in [0, 0.1) is 52.3 Å². The van der Waals surface area contributed by atoms with Gasteiger partial charge in [0.25, 0.3) is 0 Å². The lowest BCUT2D eigenvalue weighted by molar-refractivity contribution is -0.292. The second-order valence-corrected chi connectivity index (χ2v) is 12.5. The van der Waals surface area contributed by atoms with Crippen LogP contribution in [0.4, 0.5) is 0 Å². The summed E-state index contributed by atoms with van der Waals surface area (Å²) in [5.74, 6) is 3.77. The second kappa shape index (κ2) is 4.69. The van der Waals surface area contributed by atoms with Gasteiger partial charge in [0.15, 0.2) is 5.79 Å². The molecule has 0 amide bonds. The molecule has 0 radical (unpaired) electrons. The summed E-state index contributed by atoms with van der Waals surface area (Å²) in [4.78, 5) is 0. The predicted octanol–water partition coefficient (Wildman–Crippen LogP) is 3.35. The molecular formula is C24H36O4. The van der Waals surface area contributed by atoms with E-state index < -0.39 is 17.0 Å². The van der Waals surface area contributed by atoms with Crippen molar-refractivity contribution in [3.8, 4) is 0 Å². The van der Waals surface area contributed by atoms with Gasteiger partial charge in [0.05, 0.1) is 24.4 Å². The molecule has 4 nitrogen and oxygen atoms in total. The standard InChI is InChI=1S/C24H36O4/c1-20-6-7-23(27-8-9-28-23)12-24(20,26)17-10-13(17)18-15(20)4-5-21(2)19(18)14-11-16(14)22(21,3)25/h13-19,25-26H,4-12H2,1-3H3/t13-,14?,15?,16-,17+,18?,19?,20?,21?,22-,24?/m0/s1. The molecule has 2 N–H and O–H groups in total. The van der Waals surface area contributed by atoms with E-state index in [0.717, 1.165) is 25.2 Å². The van der Waals surface area contributed by atoms with Crippen molar-refractivity contribution in [1.82, 2.24) is 0 Å². The number of rotatable bonds is 0. The quantitative estimate of drug-likeness (QED) is 0.668. The molecule has 0 aromatic carbocycles. The Morgan fingerprint density at radius 3 is 2.25 bits per heavy atom. The van der Waals surface area contributed by atoms with Crippen molar-refractivity contribution in [2.45, 2.75) is 82.7 Å². The molecule has 1 spiro atoms. The van der Waals surface area contributed by atoms with Gasteiger partial charge in [-0.05, 0) is 85.9 Å². The Morgan fingerprint density at radius 1 is 0.786 bits per heavy atom. The van der Waals surface area contributed by atoms with Gasteiger partial charge in [-0.2, -0.15) is 0 Å². The van der Waals surface area contributed by atoms with E-state index in [0.29, 0.717) is 55.1 Å². The van der Waals surface area contributed by atoms with Crippen molar-refractivity contribution in [3.63, 3.8) is 0 Å². The predicted molar refractivity (Wildman–Crippen MR) is 103 cm³/mol. The Hall–Kier alpha value is -0.160. The SMILES string of the molecule is CC12CCC3(CC1(O)[C@@H]1C[C@@H]1C1C2CCC2(C)C1C1C[C@@H]1[C@]2(C)O)OCCO3. The molecule has 6 saturated carbocycles. The summed E-state index contributed by atoms with van der Waals surface area (Å²) in [5, 5.41) is 23.7. The minimum atomic E-state index is -0.640. The van der Waals surface area contributed by atoms with Crippen molar-refractivity contribution in [2.24, 2.45) is 52.3 Å². The van der Waals surface area contributed by atoms with Gasteiger partial charge in [-0.25, -0.2) is 0 Å². The summed E-state index contributed by atoms with van der Waals surface area (Å²) in [6, 6.07) is 0. The Bertz CT molecular complexity index is 743. The minimum Gasteiger partial charge on any atom is -0.389 e. The first-order valence-electron chi connectivity index (χ1n) is 11.9. The van der Waals surface area contributed by atoms with E-state index >= 15 is 0 Å². The molecule has 156 valence electrons. The fraction of sp³-hybridized carbons (Fsp3) is 1.00. The zero-order valence-corrected chi connectivity index (χ0v) is 17.6. The highest BCUT2D eigenvalue weighted by Gasteiger charge is 2.81. The minimum absolute atomic E-state index is 0.0317. The van der Waals surface area contributed by atoms with Crippen molar-refractivity contribution in [2.75, 3.05) is 13.2 Å². The van der Waals surface area contributed by atoms with E-state index in [-0.39, 0.29) is 10.8 Å². The summed E-state index contributed by atoms with van der Waals surface area (Å²) >= 11 is 0. The van der Waals surface area contributed by atoms with Gasteiger partial charge in [0, 0.05) is 18.3 Å². The lowest BCUT2D eigenvalue weighted by Crippen LogP contribution is -2.67. The molecule has 1 saturated heterocycles. The Morgan fingerprint density at radius 2 is 1.50 bits per heavy atom. The van der Waals surface area contributed by atoms with Crippen LogP contribution in [0.3, 0.4) is 0 Å². The van der Waals surface area contributed by atoms with Crippen LogP contribution >= 0.6 is 0 Å². The topological polar surface area (TPSA) is 58.9 Å². The van der Waals surface area contributed by atoms with E-state index in [2.05, 4.69) is 20.8 Å². The van der Waals surface area contributed by atoms with Crippen LogP contribution in [-0.2, 0) is 9.47 Å². The van der Waals surface area contributed by atoms with Crippen LogP contribution in [0.2, 0.25) is 0 Å². The van der Waals surface area contributed by atoms with Crippen molar-refractivity contribution in [1.29, 1.82) is 0 Å². The number of aliphatic hydroxyl groups is 2. The molecule has 7 rings (SSSR count). The average Bonchev–Trinajstić information content (AvgIpc) is 3.53. The van der Waals surface area contributed by atoms with Gasteiger partial charge in [-0.15, -0.1) is 0 Å². The summed E-state index contributed by atoms with van der Waals surface area (Å²) in [6.07, 6.45) is 7.33. The van der Waals surface area contributed by atoms with Crippen molar-refractivity contribution < 1.29 is 19.7 Å². The number of hydrogen-bond acceptors (Lipinski definition) is 4. The molecule has 0 bridgehead atoms.